The van der Waals surface area contributed by atoms with Crippen molar-refractivity contribution in [3.05, 3.63) is 104 Å². The molecule has 1 aliphatic heterocycles. The Labute approximate surface area is 215 Å². The van der Waals surface area contributed by atoms with Gasteiger partial charge < -0.3 is 9.29 Å². The molecule has 9 heteroatoms. The fraction of sp³-hybridized carbons (Fsp3) is 0.160. The molecule has 1 heterocycles. The molecule has 0 saturated carbocycles. The van der Waals surface area contributed by atoms with Crippen LogP contribution in [0.2, 0.25) is 15.1 Å². The van der Waals surface area contributed by atoms with Crippen molar-refractivity contribution in [2.45, 2.75) is 30.3 Å². The molecule has 3 aromatic carbocycles. The molecule has 2 N–H and O–H groups in total. The molecule has 0 saturated heterocycles. The van der Waals surface area contributed by atoms with Crippen molar-refractivity contribution < 1.29 is 18.3 Å². The van der Waals surface area contributed by atoms with E-state index >= 15 is 0 Å². The van der Waals surface area contributed by atoms with Crippen molar-refractivity contribution >= 4 is 51.9 Å². The highest BCUT2D eigenvalue weighted by atomic mass is 35.5. The molecule has 0 aromatic heterocycles. The lowest BCUT2D eigenvalue weighted by molar-refractivity contribution is -0.133. The van der Waals surface area contributed by atoms with Crippen LogP contribution in [-0.2, 0) is 15.9 Å². The standard InChI is InChI=1S/C25H20Cl3NO4S/c1-14-5-7-17(8-6-14)34(32)33-23-13-21(28)20(27)12-19(23)22-10-9-18(25(30)31)24(29-22)15-3-2-4-16(26)11-15/h2-9,11-13,22,24,29H,10H2,1H3,(H,30,31). The van der Waals surface area contributed by atoms with E-state index in [0.29, 0.717) is 38.2 Å². The van der Waals surface area contributed by atoms with Gasteiger partial charge in [0, 0.05) is 22.7 Å². The maximum Gasteiger partial charge on any atom is 0.333 e. The third-order valence-electron chi connectivity index (χ3n) is 5.49. The average molecular weight is 537 g/mol. The van der Waals surface area contributed by atoms with Crippen LogP contribution in [-0.4, -0.2) is 15.3 Å². The van der Waals surface area contributed by atoms with Crippen LogP contribution in [0.1, 0.15) is 35.2 Å². The minimum atomic E-state index is -1.79. The van der Waals surface area contributed by atoms with Gasteiger partial charge in [-0.3, -0.25) is 5.32 Å². The zero-order valence-electron chi connectivity index (χ0n) is 17.9. The number of benzene rings is 3. The van der Waals surface area contributed by atoms with Gasteiger partial charge >= 0.3 is 5.97 Å². The summed E-state index contributed by atoms with van der Waals surface area (Å²) < 4.78 is 18.7. The van der Waals surface area contributed by atoms with Gasteiger partial charge in [-0.05, 0) is 49.2 Å². The lowest BCUT2D eigenvalue weighted by atomic mass is 9.89. The molecule has 0 spiro atoms. The van der Waals surface area contributed by atoms with Gasteiger partial charge in [0.25, 0.3) is 0 Å². The molecule has 0 amide bonds. The van der Waals surface area contributed by atoms with Crippen molar-refractivity contribution in [1.29, 1.82) is 0 Å². The first kappa shape index (κ1) is 24.8. The molecule has 0 aliphatic carbocycles. The van der Waals surface area contributed by atoms with Gasteiger partial charge in [-0.1, -0.05) is 70.7 Å². The number of hydrogen-bond donors (Lipinski definition) is 2. The summed E-state index contributed by atoms with van der Waals surface area (Å²) >= 11 is 16.9. The predicted molar refractivity (Wildman–Crippen MR) is 135 cm³/mol. The topological polar surface area (TPSA) is 75.6 Å². The van der Waals surface area contributed by atoms with Gasteiger partial charge in [0.05, 0.1) is 26.6 Å². The van der Waals surface area contributed by atoms with Gasteiger partial charge in [-0.2, -0.15) is 0 Å². The van der Waals surface area contributed by atoms with Gasteiger partial charge in [0.1, 0.15) is 5.75 Å². The Bertz CT molecular complexity index is 1290. The molecule has 1 aliphatic rings. The Morgan fingerprint density at radius 1 is 1.06 bits per heavy atom. The van der Waals surface area contributed by atoms with Gasteiger partial charge in [-0.25, -0.2) is 9.00 Å². The minimum Gasteiger partial charge on any atom is -0.478 e. The highest BCUT2D eigenvalue weighted by molar-refractivity contribution is 7.80. The number of rotatable bonds is 6. The largest absolute Gasteiger partial charge is 0.478 e. The normalized spacial score (nSPS) is 18.8. The first-order valence-electron chi connectivity index (χ1n) is 10.3. The van der Waals surface area contributed by atoms with E-state index in [1.807, 2.05) is 19.1 Å². The van der Waals surface area contributed by atoms with Crippen molar-refractivity contribution in [3.8, 4) is 5.75 Å². The third-order valence-corrected chi connectivity index (χ3v) is 7.43. The van der Waals surface area contributed by atoms with E-state index in [-0.39, 0.29) is 16.6 Å². The zero-order chi connectivity index (χ0) is 24.4. The monoisotopic (exact) mass is 535 g/mol. The second kappa shape index (κ2) is 10.5. The summed E-state index contributed by atoms with van der Waals surface area (Å²) in [6.45, 7) is 1.94. The number of aryl methyl sites for hydroxylation is 1. The first-order valence-corrected chi connectivity index (χ1v) is 12.5. The maximum atomic E-state index is 12.9. The molecule has 0 radical (unpaired) electrons. The second-order valence-corrected chi connectivity index (χ2v) is 10.2. The van der Waals surface area contributed by atoms with Crippen LogP contribution in [0.4, 0.5) is 0 Å². The fourth-order valence-corrected chi connectivity index (χ4v) is 5.07. The number of carbonyl (C=O) groups is 1. The van der Waals surface area contributed by atoms with Gasteiger partial charge in [-0.15, -0.1) is 0 Å². The Balaban J connectivity index is 1.70. The van der Waals surface area contributed by atoms with E-state index in [9.17, 15) is 14.1 Å². The number of halogens is 3. The van der Waals surface area contributed by atoms with Crippen molar-refractivity contribution in [1.82, 2.24) is 5.32 Å². The molecule has 5 nitrogen and oxygen atoms in total. The number of carboxylic acids is 1. The summed E-state index contributed by atoms with van der Waals surface area (Å²) in [5.74, 6) is -0.732. The minimum absolute atomic E-state index is 0.212. The molecule has 0 fully saturated rings. The zero-order valence-corrected chi connectivity index (χ0v) is 21.0. The fourth-order valence-electron chi connectivity index (χ4n) is 3.78. The number of carboxylic acid groups (broad SMARTS) is 1. The van der Waals surface area contributed by atoms with Crippen molar-refractivity contribution in [2.75, 3.05) is 0 Å². The van der Waals surface area contributed by atoms with E-state index in [0.717, 1.165) is 5.56 Å². The average Bonchev–Trinajstić information content (AvgIpc) is 2.81. The van der Waals surface area contributed by atoms with Crippen LogP contribution < -0.4 is 9.50 Å². The molecule has 3 unspecified atom stereocenters. The Kier molecular flexibility index (Phi) is 7.65. The summed E-state index contributed by atoms with van der Waals surface area (Å²) in [5.41, 5.74) is 2.57. The molecular formula is C25H20Cl3NO4S. The van der Waals surface area contributed by atoms with Crippen LogP contribution >= 0.6 is 34.8 Å². The Hall–Kier alpha value is -2.35. The van der Waals surface area contributed by atoms with E-state index < -0.39 is 23.1 Å². The molecule has 0 bridgehead atoms. The molecule has 4 rings (SSSR count). The number of nitrogens with one attached hydrogen (secondary N) is 1. The summed E-state index contributed by atoms with van der Waals surface area (Å²) in [6.07, 6.45) is 2.02. The van der Waals surface area contributed by atoms with E-state index in [2.05, 4.69) is 5.32 Å². The summed E-state index contributed by atoms with van der Waals surface area (Å²) in [7, 11) is 0. The lowest BCUT2D eigenvalue weighted by Crippen LogP contribution is -2.33. The molecule has 176 valence electrons. The predicted octanol–water partition coefficient (Wildman–Crippen LogP) is 6.84. The molecule has 3 atom stereocenters. The van der Waals surface area contributed by atoms with Crippen molar-refractivity contribution in [3.63, 3.8) is 0 Å². The quantitative estimate of drug-likeness (QED) is 0.361. The maximum absolute atomic E-state index is 12.9. The molecule has 34 heavy (non-hydrogen) atoms. The first-order chi connectivity index (χ1) is 16.2. The van der Waals surface area contributed by atoms with Crippen LogP contribution in [0.5, 0.6) is 5.75 Å². The van der Waals surface area contributed by atoms with Crippen LogP contribution in [0.15, 0.2) is 77.2 Å². The molecular weight excluding hydrogens is 517 g/mol. The summed E-state index contributed by atoms with van der Waals surface area (Å²) in [4.78, 5) is 12.4. The van der Waals surface area contributed by atoms with Gasteiger partial charge in [0.2, 0.25) is 11.1 Å². The number of hydrogen-bond acceptors (Lipinski definition) is 4. The van der Waals surface area contributed by atoms with Crippen LogP contribution in [0.25, 0.3) is 0 Å². The van der Waals surface area contributed by atoms with E-state index in [1.54, 1.807) is 48.5 Å². The highest BCUT2D eigenvalue weighted by Crippen LogP contribution is 2.40. The highest BCUT2D eigenvalue weighted by Gasteiger charge is 2.31. The van der Waals surface area contributed by atoms with E-state index in [4.69, 9.17) is 39.0 Å². The van der Waals surface area contributed by atoms with Crippen LogP contribution in [0, 0.1) is 6.92 Å². The Morgan fingerprint density at radius 2 is 1.76 bits per heavy atom. The van der Waals surface area contributed by atoms with Crippen LogP contribution in [0.3, 0.4) is 0 Å². The SMILES string of the molecule is Cc1ccc(S(=O)Oc2cc(Cl)c(Cl)cc2C2CC=C(C(=O)O)C(c3cccc(Cl)c3)N2)cc1. The smallest absolute Gasteiger partial charge is 0.333 e. The van der Waals surface area contributed by atoms with Gasteiger partial charge in [0.15, 0.2) is 0 Å². The molecule has 3 aromatic rings. The number of aliphatic carboxylic acids is 1. The summed E-state index contributed by atoms with van der Waals surface area (Å²) in [6, 6.07) is 16.4. The van der Waals surface area contributed by atoms with Crippen molar-refractivity contribution in [2.24, 2.45) is 0 Å². The second-order valence-electron chi connectivity index (χ2n) is 7.84. The third kappa shape index (κ3) is 5.48. The lowest BCUT2D eigenvalue weighted by Gasteiger charge is -2.31. The van der Waals surface area contributed by atoms with E-state index in [1.165, 1.54) is 6.07 Å². The Morgan fingerprint density at radius 3 is 2.44 bits per heavy atom. The summed E-state index contributed by atoms with van der Waals surface area (Å²) in [5, 5.41) is 14.2.